The Bertz CT molecular complexity index is 1550. The summed E-state index contributed by atoms with van der Waals surface area (Å²) in [6, 6.07) is 29.3. The van der Waals surface area contributed by atoms with E-state index < -0.39 is 0 Å². The molecule has 47 heavy (non-hydrogen) atoms. The minimum Gasteiger partial charge on any atom is -0.496 e. The highest BCUT2D eigenvalue weighted by Crippen LogP contribution is 2.58. The Morgan fingerprint density at radius 3 is 1.34 bits per heavy atom. The predicted molar refractivity (Wildman–Crippen MR) is 204 cm³/mol. The molecule has 0 N–H and O–H groups in total. The number of benzene rings is 4. The summed E-state index contributed by atoms with van der Waals surface area (Å²) in [5, 5.41) is 1.66. The predicted octanol–water partition coefficient (Wildman–Crippen LogP) is 12.7. The van der Waals surface area contributed by atoms with E-state index in [0.717, 1.165) is 33.9 Å². The molecule has 4 aromatic carbocycles. The molecule has 3 heteroatoms. The number of rotatable bonds is 10. The Balaban J connectivity index is 1.73. The molecule has 0 aliphatic heterocycles. The molecule has 2 fully saturated rings. The molecule has 2 saturated carbocycles. The van der Waals surface area contributed by atoms with Gasteiger partial charge in [-0.25, -0.2) is 0 Å². The van der Waals surface area contributed by atoms with Gasteiger partial charge in [0.2, 0.25) is 0 Å². The van der Waals surface area contributed by atoms with Gasteiger partial charge in [-0.15, -0.1) is 0 Å². The lowest BCUT2D eigenvalue weighted by molar-refractivity contribution is 0.416. The summed E-state index contributed by atoms with van der Waals surface area (Å²) < 4.78 is 12.1. The Kier molecular flexibility index (Phi) is 11.1. The minimum absolute atomic E-state index is 0.296. The number of hydrogen-bond acceptors (Lipinski definition) is 2. The van der Waals surface area contributed by atoms with E-state index in [4.69, 9.17) is 9.47 Å². The van der Waals surface area contributed by atoms with Crippen molar-refractivity contribution in [1.82, 2.24) is 0 Å². The molecule has 4 aromatic rings. The van der Waals surface area contributed by atoms with Gasteiger partial charge in [0.15, 0.2) is 0 Å². The molecule has 0 unspecified atom stereocenters. The van der Waals surface area contributed by atoms with Crippen LogP contribution in [0.5, 0.6) is 11.5 Å². The smallest absolute Gasteiger partial charge is 0.126 e. The van der Waals surface area contributed by atoms with Crippen molar-refractivity contribution in [2.45, 2.75) is 115 Å². The molecule has 6 rings (SSSR count). The fourth-order valence-electron chi connectivity index (χ4n) is 8.70. The van der Waals surface area contributed by atoms with Crippen molar-refractivity contribution in [3.8, 4) is 44.9 Å². The van der Waals surface area contributed by atoms with Crippen molar-refractivity contribution in [3.63, 3.8) is 0 Å². The zero-order valence-corrected chi connectivity index (χ0v) is 30.5. The summed E-state index contributed by atoms with van der Waals surface area (Å²) in [6.45, 7) is 9.55. The third kappa shape index (κ3) is 6.91. The highest BCUT2D eigenvalue weighted by atomic mass is 31.1. The van der Waals surface area contributed by atoms with Gasteiger partial charge >= 0.3 is 0 Å². The average molecular weight is 647 g/mol. The SMILES string of the molecule is COc1ccccc1-c1cc(-c2ccccc2OC)c(C(C)C)c(-c2ccccc2P(C2CCCCC2)C2CCCCC2)c1C(C)C. The van der Waals surface area contributed by atoms with E-state index in [1.807, 2.05) is 0 Å². The Labute approximate surface area is 286 Å². The maximum Gasteiger partial charge on any atom is 0.126 e. The van der Waals surface area contributed by atoms with Crippen molar-refractivity contribution in [2.24, 2.45) is 0 Å². The largest absolute Gasteiger partial charge is 0.496 e. The lowest BCUT2D eigenvalue weighted by Gasteiger charge is -2.40. The maximum absolute atomic E-state index is 6.05. The first-order chi connectivity index (χ1) is 22.9. The first-order valence-electron chi connectivity index (χ1n) is 18.3. The molecule has 0 heterocycles. The van der Waals surface area contributed by atoms with Gasteiger partial charge in [0, 0.05) is 11.1 Å². The van der Waals surface area contributed by atoms with E-state index in [9.17, 15) is 0 Å². The van der Waals surface area contributed by atoms with Crippen LogP contribution in [0.3, 0.4) is 0 Å². The summed E-state index contributed by atoms with van der Waals surface area (Å²) in [4.78, 5) is 0. The molecule has 2 aliphatic carbocycles. The Hall–Kier alpha value is -3.09. The first-order valence-corrected chi connectivity index (χ1v) is 19.8. The molecular formula is C44H55O2P. The average Bonchev–Trinajstić information content (AvgIpc) is 3.11. The normalized spacial score (nSPS) is 16.3. The highest BCUT2D eigenvalue weighted by Gasteiger charge is 2.35. The Morgan fingerprint density at radius 2 is 0.915 bits per heavy atom. The van der Waals surface area contributed by atoms with Gasteiger partial charge < -0.3 is 9.47 Å². The zero-order chi connectivity index (χ0) is 32.9. The van der Waals surface area contributed by atoms with Crippen LogP contribution in [0.4, 0.5) is 0 Å². The molecule has 2 nitrogen and oxygen atoms in total. The van der Waals surface area contributed by atoms with Crippen molar-refractivity contribution < 1.29 is 9.47 Å². The molecule has 0 bridgehead atoms. The van der Waals surface area contributed by atoms with Gasteiger partial charge in [0.25, 0.3) is 0 Å². The van der Waals surface area contributed by atoms with Crippen LogP contribution < -0.4 is 14.8 Å². The highest BCUT2D eigenvalue weighted by molar-refractivity contribution is 7.67. The van der Waals surface area contributed by atoms with Crippen LogP contribution in [-0.2, 0) is 0 Å². The summed E-state index contributed by atoms with van der Waals surface area (Å²) in [5.41, 5.74) is 12.3. The molecule has 248 valence electrons. The van der Waals surface area contributed by atoms with Crippen LogP contribution in [0.2, 0.25) is 0 Å². The van der Waals surface area contributed by atoms with Gasteiger partial charge in [-0.05, 0) is 106 Å². The Morgan fingerprint density at radius 1 is 0.511 bits per heavy atom. The van der Waals surface area contributed by atoms with E-state index >= 15 is 0 Å². The number of hydrogen-bond donors (Lipinski definition) is 0. The first kappa shape index (κ1) is 33.8. The molecule has 0 spiro atoms. The number of ether oxygens (including phenoxy) is 2. The van der Waals surface area contributed by atoms with Gasteiger partial charge in [0.05, 0.1) is 14.2 Å². The molecule has 2 aliphatic rings. The molecular weight excluding hydrogens is 591 g/mol. The number of para-hydroxylation sites is 2. The lowest BCUT2D eigenvalue weighted by Crippen LogP contribution is -2.27. The monoisotopic (exact) mass is 646 g/mol. The van der Waals surface area contributed by atoms with Crippen molar-refractivity contribution in [2.75, 3.05) is 14.2 Å². The number of methoxy groups -OCH3 is 2. The van der Waals surface area contributed by atoms with Crippen molar-refractivity contribution >= 4 is 13.2 Å². The van der Waals surface area contributed by atoms with Crippen molar-refractivity contribution in [3.05, 3.63) is 90.0 Å². The van der Waals surface area contributed by atoms with E-state index in [1.165, 1.54) is 97.6 Å². The van der Waals surface area contributed by atoms with E-state index in [1.54, 1.807) is 19.5 Å². The quantitative estimate of drug-likeness (QED) is 0.160. The fraction of sp³-hybridized carbons (Fsp3) is 0.455. The third-order valence-corrected chi connectivity index (χ3v) is 14.3. The molecule has 0 aromatic heterocycles. The van der Waals surface area contributed by atoms with Crippen LogP contribution >= 0.6 is 7.92 Å². The lowest BCUT2D eigenvalue weighted by atomic mass is 9.76. The van der Waals surface area contributed by atoms with Crippen molar-refractivity contribution in [1.29, 1.82) is 0 Å². The van der Waals surface area contributed by atoms with E-state index in [2.05, 4.69) is 107 Å². The van der Waals surface area contributed by atoms with Gasteiger partial charge in [0.1, 0.15) is 11.5 Å². The zero-order valence-electron chi connectivity index (χ0n) is 29.6. The molecule has 0 atom stereocenters. The van der Waals surface area contributed by atoms with Crippen LogP contribution in [0.1, 0.15) is 115 Å². The molecule has 0 saturated heterocycles. The molecule has 0 radical (unpaired) electrons. The summed E-state index contributed by atoms with van der Waals surface area (Å²) >= 11 is 0. The second kappa shape index (κ2) is 15.4. The fourth-order valence-corrected chi connectivity index (χ4v) is 12.7. The summed E-state index contributed by atoms with van der Waals surface area (Å²) in [5.74, 6) is 2.47. The van der Waals surface area contributed by atoms with Gasteiger partial charge in [-0.1, -0.05) is 135 Å². The minimum atomic E-state index is -0.296. The van der Waals surface area contributed by atoms with Crippen LogP contribution in [0, 0.1) is 0 Å². The second-order valence-electron chi connectivity index (χ2n) is 14.4. The van der Waals surface area contributed by atoms with Crippen LogP contribution in [-0.4, -0.2) is 25.5 Å². The summed E-state index contributed by atoms with van der Waals surface area (Å²) in [6.07, 6.45) is 14.0. The topological polar surface area (TPSA) is 18.5 Å². The van der Waals surface area contributed by atoms with E-state index in [-0.39, 0.29) is 7.92 Å². The maximum atomic E-state index is 6.05. The summed E-state index contributed by atoms with van der Waals surface area (Å²) in [7, 11) is 3.31. The van der Waals surface area contributed by atoms with Crippen LogP contribution in [0.25, 0.3) is 33.4 Å². The van der Waals surface area contributed by atoms with E-state index in [0.29, 0.717) is 11.8 Å². The van der Waals surface area contributed by atoms with Crippen LogP contribution in [0.15, 0.2) is 78.9 Å². The molecule has 0 amide bonds. The standard InChI is InChI=1S/C44H55O2P/c1-30(2)42-37(34-23-13-16-26-39(34)45-5)29-38(35-24-14-17-27-40(35)46-6)43(31(3)4)44(42)36-25-15-18-28-41(36)47(32-19-9-7-10-20-32)33-21-11-8-12-22-33/h13-18,23-33H,7-12,19-22H2,1-6H3. The second-order valence-corrected chi connectivity index (χ2v) is 17.1. The third-order valence-electron chi connectivity index (χ3n) is 10.7. The van der Waals surface area contributed by atoms with Gasteiger partial charge in [-0.3, -0.25) is 0 Å². The van der Waals surface area contributed by atoms with Gasteiger partial charge in [-0.2, -0.15) is 0 Å².